The number of ether oxygens (including phenoxy) is 1. The molecule has 0 unspecified atom stereocenters. The zero-order valence-corrected chi connectivity index (χ0v) is 20.7. The average molecular weight is 484 g/mol. The van der Waals surface area contributed by atoms with Crippen molar-refractivity contribution >= 4 is 15.9 Å². The number of aryl methyl sites for hydroxylation is 4. The number of rotatable bonds is 6. The molecule has 2 heterocycles. The Morgan fingerprint density at radius 2 is 1.74 bits per heavy atom. The zero-order chi connectivity index (χ0) is 24.5. The van der Waals surface area contributed by atoms with E-state index in [-0.39, 0.29) is 25.6 Å². The van der Waals surface area contributed by atoms with Crippen molar-refractivity contribution in [1.29, 1.82) is 0 Å². The van der Waals surface area contributed by atoms with Gasteiger partial charge >= 0.3 is 0 Å². The molecular weight excluding hydrogens is 454 g/mol. The van der Waals surface area contributed by atoms with Gasteiger partial charge < -0.3 is 14.2 Å². The van der Waals surface area contributed by atoms with Crippen LogP contribution < -0.4 is 4.74 Å². The van der Waals surface area contributed by atoms with E-state index < -0.39 is 10.0 Å². The van der Waals surface area contributed by atoms with E-state index in [1.54, 1.807) is 36.1 Å². The highest BCUT2D eigenvalue weighted by molar-refractivity contribution is 7.89. The summed E-state index contributed by atoms with van der Waals surface area (Å²) in [4.78, 5) is 15.3. The van der Waals surface area contributed by atoms with Crippen LogP contribution in [0.5, 0.6) is 5.75 Å². The van der Waals surface area contributed by atoms with Gasteiger partial charge in [0.15, 0.2) is 0 Å². The lowest BCUT2D eigenvalue weighted by atomic mass is 10.1. The topological polar surface area (TPSA) is 93.0 Å². The van der Waals surface area contributed by atoms with Gasteiger partial charge in [-0.15, -0.1) is 0 Å². The highest BCUT2D eigenvalue weighted by Crippen LogP contribution is 2.26. The number of hydrogen-bond acceptors (Lipinski definition) is 6. The third kappa shape index (κ3) is 4.71. The Balaban J connectivity index is 1.45. The first-order valence-electron chi connectivity index (χ1n) is 11.2. The first kappa shape index (κ1) is 24.0. The third-order valence-corrected chi connectivity index (χ3v) is 8.20. The number of aromatic nitrogens is 1. The maximum absolute atomic E-state index is 13.3. The molecule has 2 aromatic carbocycles. The summed E-state index contributed by atoms with van der Waals surface area (Å²) in [5.41, 5.74) is 3.66. The SMILES string of the molecule is Cc1ccc(C)c(S(=O)(=O)N2CCN(C(=O)c3ccccc3OCc3c(C)noc3C)CC2)c1. The lowest BCUT2D eigenvalue weighted by Crippen LogP contribution is -2.50. The van der Waals surface area contributed by atoms with Gasteiger partial charge in [0, 0.05) is 26.2 Å². The number of amides is 1. The van der Waals surface area contributed by atoms with Gasteiger partial charge in [0.25, 0.3) is 5.91 Å². The molecule has 0 spiro atoms. The molecule has 1 amide bonds. The van der Waals surface area contributed by atoms with Crippen LogP contribution in [-0.4, -0.2) is 54.9 Å². The van der Waals surface area contributed by atoms with Gasteiger partial charge in [-0.25, -0.2) is 8.42 Å². The number of sulfonamides is 1. The van der Waals surface area contributed by atoms with Gasteiger partial charge in [0.2, 0.25) is 10.0 Å². The number of nitrogens with zero attached hydrogens (tertiary/aromatic N) is 3. The van der Waals surface area contributed by atoms with Crippen LogP contribution in [0.25, 0.3) is 0 Å². The van der Waals surface area contributed by atoms with Gasteiger partial charge in [-0.3, -0.25) is 4.79 Å². The predicted molar refractivity (Wildman–Crippen MR) is 127 cm³/mol. The first-order valence-corrected chi connectivity index (χ1v) is 12.6. The number of piperazine rings is 1. The van der Waals surface area contributed by atoms with Crippen molar-refractivity contribution in [3.8, 4) is 5.75 Å². The van der Waals surface area contributed by atoms with Crippen molar-refractivity contribution in [2.24, 2.45) is 0 Å². The Bertz CT molecular complexity index is 1290. The summed E-state index contributed by atoms with van der Waals surface area (Å²) in [6, 6.07) is 12.5. The summed E-state index contributed by atoms with van der Waals surface area (Å²) in [6.07, 6.45) is 0. The van der Waals surface area contributed by atoms with E-state index in [2.05, 4.69) is 5.16 Å². The standard InChI is InChI=1S/C25H29N3O5S/c1-17-9-10-18(2)24(15-17)34(30,31)28-13-11-27(12-14-28)25(29)21-7-5-6-8-23(21)32-16-22-19(3)26-33-20(22)4/h5-10,15H,11-14,16H2,1-4H3. The second-order valence-electron chi connectivity index (χ2n) is 8.55. The average Bonchev–Trinajstić information content (AvgIpc) is 3.16. The van der Waals surface area contributed by atoms with Crippen LogP contribution in [0.1, 0.15) is 38.5 Å². The Hall–Kier alpha value is -3.17. The number of benzene rings is 2. The number of hydrogen-bond donors (Lipinski definition) is 0. The molecule has 9 heteroatoms. The predicted octanol–water partition coefficient (Wildman–Crippen LogP) is 3.63. The molecule has 4 rings (SSSR count). The Morgan fingerprint density at radius 1 is 1.03 bits per heavy atom. The van der Waals surface area contributed by atoms with Crippen molar-refractivity contribution in [1.82, 2.24) is 14.4 Å². The minimum atomic E-state index is -3.62. The fraction of sp³-hybridized carbons (Fsp3) is 0.360. The molecule has 1 aromatic heterocycles. The monoisotopic (exact) mass is 483 g/mol. The maximum Gasteiger partial charge on any atom is 0.257 e. The minimum absolute atomic E-state index is 0.182. The van der Waals surface area contributed by atoms with Crippen LogP contribution in [0.2, 0.25) is 0 Å². The van der Waals surface area contributed by atoms with E-state index in [0.29, 0.717) is 40.6 Å². The minimum Gasteiger partial charge on any atom is -0.488 e. The molecule has 0 radical (unpaired) electrons. The number of carbonyl (C=O) groups excluding carboxylic acids is 1. The second-order valence-corrected chi connectivity index (χ2v) is 10.5. The third-order valence-electron chi connectivity index (χ3n) is 6.16. The molecule has 0 aliphatic carbocycles. The van der Waals surface area contributed by atoms with Gasteiger partial charge in [0.1, 0.15) is 18.1 Å². The van der Waals surface area contributed by atoms with Crippen LogP contribution in [0, 0.1) is 27.7 Å². The summed E-state index contributed by atoms with van der Waals surface area (Å²) >= 11 is 0. The molecule has 34 heavy (non-hydrogen) atoms. The van der Waals surface area contributed by atoms with Crippen molar-refractivity contribution in [2.45, 2.75) is 39.2 Å². The van der Waals surface area contributed by atoms with Crippen molar-refractivity contribution < 1.29 is 22.5 Å². The molecular formula is C25H29N3O5S. The summed E-state index contributed by atoms with van der Waals surface area (Å²) in [6.45, 7) is 8.67. The molecule has 0 saturated carbocycles. The molecule has 1 saturated heterocycles. The first-order chi connectivity index (χ1) is 16.2. The Morgan fingerprint density at radius 3 is 2.41 bits per heavy atom. The fourth-order valence-corrected chi connectivity index (χ4v) is 5.79. The lowest BCUT2D eigenvalue weighted by Gasteiger charge is -2.34. The van der Waals surface area contributed by atoms with Gasteiger partial charge in [-0.1, -0.05) is 29.4 Å². The van der Waals surface area contributed by atoms with Gasteiger partial charge in [-0.2, -0.15) is 4.31 Å². The summed E-state index contributed by atoms with van der Waals surface area (Å²) < 4.78 is 39.0. The van der Waals surface area contributed by atoms with Crippen molar-refractivity contribution in [3.63, 3.8) is 0 Å². The maximum atomic E-state index is 13.3. The highest BCUT2D eigenvalue weighted by Gasteiger charge is 2.32. The summed E-state index contributed by atoms with van der Waals surface area (Å²) in [5.74, 6) is 0.971. The van der Waals surface area contributed by atoms with E-state index in [1.807, 2.05) is 39.0 Å². The van der Waals surface area contributed by atoms with Crippen LogP contribution in [0.15, 0.2) is 51.9 Å². The van der Waals surface area contributed by atoms with Crippen molar-refractivity contribution in [3.05, 3.63) is 76.2 Å². The quantitative estimate of drug-likeness (QED) is 0.532. The van der Waals surface area contributed by atoms with Crippen LogP contribution in [0.4, 0.5) is 0 Å². The normalized spacial score (nSPS) is 14.9. The van der Waals surface area contributed by atoms with Crippen LogP contribution in [0.3, 0.4) is 0 Å². The van der Waals surface area contributed by atoms with Gasteiger partial charge in [0.05, 0.1) is 21.7 Å². The van der Waals surface area contributed by atoms with E-state index >= 15 is 0 Å². The molecule has 8 nitrogen and oxygen atoms in total. The van der Waals surface area contributed by atoms with Gasteiger partial charge in [-0.05, 0) is 57.0 Å². The Labute approximate surface area is 200 Å². The number of carbonyl (C=O) groups is 1. The zero-order valence-electron chi connectivity index (χ0n) is 19.9. The van der Waals surface area contributed by atoms with E-state index in [1.165, 1.54) is 4.31 Å². The van der Waals surface area contributed by atoms with Crippen molar-refractivity contribution in [2.75, 3.05) is 26.2 Å². The molecule has 3 aromatic rings. The largest absolute Gasteiger partial charge is 0.488 e. The smallest absolute Gasteiger partial charge is 0.257 e. The molecule has 0 bridgehead atoms. The molecule has 1 aliphatic rings. The highest BCUT2D eigenvalue weighted by atomic mass is 32.2. The van der Waals surface area contributed by atoms with E-state index in [9.17, 15) is 13.2 Å². The number of para-hydroxylation sites is 1. The van der Waals surface area contributed by atoms with Crippen LogP contribution in [-0.2, 0) is 16.6 Å². The summed E-state index contributed by atoms with van der Waals surface area (Å²) in [7, 11) is -3.62. The van der Waals surface area contributed by atoms with E-state index in [0.717, 1.165) is 16.8 Å². The Kier molecular flexibility index (Phi) is 6.77. The van der Waals surface area contributed by atoms with Crippen LogP contribution >= 0.6 is 0 Å². The lowest BCUT2D eigenvalue weighted by molar-refractivity contribution is 0.0693. The molecule has 0 atom stereocenters. The van der Waals surface area contributed by atoms with E-state index in [4.69, 9.17) is 9.26 Å². The second kappa shape index (κ2) is 9.60. The molecule has 1 fully saturated rings. The molecule has 1 aliphatic heterocycles. The summed E-state index contributed by atoms with van der Waals surface area (Å²) in [5, 5.41) is 3.93. The fourth-order valence-electron chi connectivity index (χ4n) is 4.05. The molecule has 0 N–H and O–H groups in total. The molecule has 180 valence electrons.